The SMILES string of the molecule is N#Cc1ccc(NC2CCCS(=O)(=O)C2)c(F)c1F. The van der Waals surface area contributed by atoms with E-state index in [-0.39, 0.29) is 22.8 Å². The van der Waals surface area contributed by atoms with E-state index in [1.165, 1.54) is 6.07 Å². The summed E-state index contributed by atoms with van der Waals surface area (Å²) in [4.78, 5) is 0. The van der Waals surface area contributed by atoms with Gasteiger partial charge >= 0.3 is 0 Å². The summed E-state index contributed by atoms with van der Waals surface area (Å²) in [5.74, 6) is -2.32. The van der Waals surface area contributed by atoms with Crippen LogP contribution in [-0.2, 0) is 9.84 Å². The van der Waals surface area contributed by atoms with Gasteiger partial charge in [0.05, 0.1) is 22.8 Å². The van der Waals surface area contributed by atoms with Crippen molar-refractivity contribution in [2.75, 3.05) is 16.8 Å². The minimum Gasteiger partial charge on any atom is -0.379 e. The smallest absolute Gasteiger partial charge is 0.183 e. The van der Waals surface area contributed by atoms with Crippen LogP contribution in [0.3, 0.4) is 0 Å². The van der Waals surface area contributed by atoms with Crippen molar-refractivity contribution in [3.8, 4) is 6.07 Å². The fourth-order valence-corrected chi connectivity index (χ4v) is 3.74. The predicted molar refractivity (Wildman–Crippen MR) is 66.4 cm³/mol. The summed E-state index contributed by atoms with van der Waals surface area (Å²) in [6.45, 7) is 0. The van der Waals surface area contributed by atoms with E-state index in [1.54, 1.807) is 6.07 Å². The maximum atomic E-state index is 13.7. The lowest BCUT2D eigenvalue weighted by Crippen LogP contribution is -2.35. The van der Waals surface area contributed by atoms with E-state index in [2.05, 4.69) is 5.32 Å². The zero-order chi connectivity index (χ0) is 14.0. The second kappa shape index (κ2) is 5.13. The van der Waals surface area contributed by atoms with Crippen molar-refractivity contribution in [1.29, 1.82) is 5.26 Å². The van der Waals surface area contributed by atoms with Crippen molar-refractivity contribution in [3.63, 3.8) is 0 Å². The van der Waals surface area contributed by atoms with Crippen molar-refractivity contribution in [2.45, 2.75) is 18.9 Å². The summed E-state index contributed by atoms with van der Waals surface area (Å²) in [5.41, 5.74) is -0.488. The van der Waals surface area contributed by atoms with Gasteiger partial charge in [-0.15, -0.1) is 0 Å². The highest BCUT2D eigenvalue weighted by molar-refractivity contribution is 7.91. The molecule has 1 aliphatic rings. The molecule has 0 bridgehead atoms. The van der Waals surface area contributed by atoms with Crippen LogP contribution in [0.25, 0.3) is 0 Å². The maximum Gasteiger partial charge on any atom is 0.183 e. The summed E-state index contributed by atoms with van der Waals surface area (Å²) in [6.07, 6.45) is 1.08. The van der Waals surface area contributed by atoms with Crippen LogP contribution in [0.15, 0.2) is 12.1 Å². The highest BCUT2D eigenvalue weighted by atomic mass is 32.2. The molecule has 1 atom stereocenters. The van der Waals surface area contributed by atoms with E-state index in [0.29, 0.717) is 12.8 Å². The molecule has 1 saturated heterocycles. The number of anilines is 1. The number of halogens is 2. The van der Waals surface area contributed by atoms with Gasteiger partial charge in [-0.25, -0.2) is 17.2 Å². The molecule has 1 fully saturated rings. The number of nitrogens with one attached hydrogen (secondary N) is 1. The van der Waals surface area contributed by atoms with E-state index in [4.69, 9.17) is 5.26 Å². The van der Waals surface area contributed by atoms with Gasteiger partial charge in [-0.1, -0.05) is 0 Å². The Morgan fingerprint density at radius 1 is 1.32 bits per heavy atom. The molecule has 1 heterocycles. The van der Waals surface area contributed by atoms with Gasteiger partial charge in [-0.05, 0) is 25.0 Å². The first kappa shape index (κ1) is 13.7. The molecule has 1 aromatic carbocycles. The second-order valence-electron chi connectivity index (χ2n) is 4.50. The lowest BCUT2D eigenvalue weighted by Gasteiger charge is -2.24. The maximum absolute atomic E-state index is 13.7. The molecular weight excluding hydrogens is 274 g/mol. The van der Waals surface area contributed by atoms with Crippen molar-refractivity contribution < 1.29 is 17.2 Å². The third-order valence-electron chi connectivity index (χ3n) is 3.03. The van der Waals surface area contributed by atoms with Gasteiger partial charge in [-0.3, -0.25) is 0 Å². The number of rotatable bonds is 2. The molecule has 0 aromatic heterocycles. The Bertz CT molecular complexity index is 638. The van der Waals surface area contributed by atoms with Gasteiger partial charge in [0.25, 0.3) is 0 Å². The highest BCUT2D eigenvalue weighted by Gasteiger charge is 2.25. The minimum absolute atomic E-state index is 0.0892. The number of nitrogens with zero attached hydrogens (tertiary/aromatic N) is 1. The van der Waals surface area contributed by atoms with Gasteiger partial charge < -0.3 is 5.32 Å². The van der Waals surface area contributed by atoms with Gasteiger partial charge in [0, 0.05) is 6.04 Å². The Morgan fingerprint density at radius 3 is 2.68 bits per heavy atom. The molecule has 1 aliphatic heterocycles. The van der Waals surface area contributed by atoms with E-state index in [1.807, 2.05) is 0 Å². The summed E-state index contributed by atoms with van der Waals surface area (Å²) >= 11 is 0. The zero-order valence-corrected chi connectivity index (χ0v) is 10.8. The number of hydrogen-bond donors (Lipinski definition) is 1. The quantitative estimate of drug-likeness (QED) is 0.900. The standard InChI is InChI=1S/C12H12F2N2O2S/c13-11-8(6-15)3-4-10(12(11)14)16-9-2-1-5-19(17,18)7-9/h3-4,9,16H,1-2,5,7H2. The van der Waals surface area contributed by atoms with Gasteiger partial charge in [0.2, 0.25) is 0 Å². The van der Waals surface area contributed by atoms with Crippen LogP contribution in [0, 0.1) is 23.0 Å². The van der Waals surface area contributed by atoms with Crippen LogP contribution >= 0.6 is 0 Å². The summed E-state index contributed by atoms with van der Waals surface area (Å²) in [7, 11) is -3.12. The van der Waals surface area contributed by atoms with Crippen LogP contribution in [0.4, 0.5) is 14.5 Å². The van der Waals surface area contributed by atoms with Crippen LogP contribution < -0.4 is 5.32 Å². The first-order valence-electron chi connectivity index (χ1n) is 5.78. The van der Waals surface area contributed by atoms with Crippen LogP contribution in [0.5, 0.6) is 0 Å². The molecule has 0 saturated carbocycles. The van der Waals surface area contributed by atoms with Crippen LogP contribution in [0.2, 0.25) is 0 Å². The number of hydrogen-bond acceptors (Lipinski definition) is 4. The summed E-state index contributed by atoms with van der Waals surface area (Å²) in [5, 5.41) is 11.3. The van der Waals surface area contributed by atoms with Crippen molar-refractivity contribution >= 4 is 15.5 Å². The zero-order valence-electron chi connectivity index (χ0n) is 9.99. The van der Waals surface area contributed by atoms with Crippen molar-refractivity contribution in [1.82, 2.24) is 0 Å². The Labute approximate surface area is 110 Å². The molecule has 102 valence electrons. The lowest BCUT2D eigenvalue weighted by molar-refractivity contribution is 0.505. The van der Waals surface area contributed by atoms with E-state index >= 15 is 0 Å². The largest absolute Gasteiger partial charge is 0.379 e. The summed E-state index contributed by atoms with van der Waals surface area (Å²) < 4.78 is 50.0. The molecule has 1 N–H and O–H groups in total. The average molecular weight is 286 g/mol. The molecular formula is C12H12F2N2O2S. The van der Waals surface area contributed by atoms with E-state index in [9.17, 15) is 17.2 Å². The number of benzene rings is 1. The minimum atomic E-state index is -3.12. The fourth-order valence-electron chi connectivity index (χ4n) is 2.10. The fraction of sp³-hybridized carbons (Fsp3) is 0.417. The van der Waals surface area contributed by atoms with E-state index in [0.717, 1.165) is 6.07 Å². The molecule has 2 rings (SSSR count). The monoisotopic (exact) mass is 286 g/mol. The van der Waals surface area contributed by atoms with Crippen LogP contribution in [-0.4, -0.2) is 26.0 Å². The molecule has 1 aromatic rings. The molecule has 1 unspecified atom stereocenters. The predicted octanol–water partition coefficient (Wildman–Crippen LogP) is 1.83. The third-order valence-corrected chi connectivity index (χ3v) is 4.85. The number of nitriles is 1. The third kappa shape index (κ3) is 3.01. The Morgan fingerprint density at radius 2 is 2.05 bits per heavy atom. The van der Waals surface area contributed by atoms with Crippen molar-refractivity contribution in [2.24, 2.45) is 0 Å². The van der Waals surface area contributed by atoms with Crippen LogP contribution in [0.1, 0.15) is 18.4 Å². The Kier molecular flexibility index (Phi) is 3.71. The molecule has 0 spiro atoms. The van der Waals surface area contributed by atoms with Gasteiger partial charge in [0.1, 0.15) is 6.07 Å². The normalized spacial score (nSPS) is 21.6. The average Bonchev–Trinajstić information content (AvgIpc) is 2.34. The molecule has 0 radical (unpaired) electrons. The van der Waals surface area contributed by atoms with Gasteiger partial charge in [0.15, 0.2) is 21.5 Å². The van der Waals surface area contributed by atoms with Gasteiger partial charge in [-0.2, -0.15) is 5.26 Å². The van der Waals surface area contributed by atoms with Crippen molar-refractivity contribution in [3.05, 3.63) is 29.3 Å². The molecule has 4 nitrogen and oxygen atoms in total. The first-order chi connectivity index (χ1) is 8.93. The Balaban J connectivity index is 2.21. The number of sulfone groups is 1. The molecule has 7 heteroatoms. The second-order valence-corrected chi connectivity index (χ2v) is 6.73. The molecule has 19 heavy (non-hydrogen) atoms. The lowest BCUT2D eigenvalue weighted by atomic mass is 10.1. The molecule has 0 amide bonds. The first-order valence-corrected chi connectivity index (χ1v) is 7.60. The summed E-state index contributed by atoms with van der Waals surface area (Å²) in [6, 6.07) is 3.52. The Hall–Kier alpha value is -1.68. The topological polar surface area (TPSA) is 70.0 Å². The highest BCUT2D eigenvalue weighted by Crippen LogP contribution is 2.23. The van der Waals surface area contributed by atoms with E-state index < -0.39 is 27.5 Å². The molecule has 0 aliphatic carbocycles.